The van der Waals surface area contributed by atoms with E-state index in [0.717, 1.165) is 5.56 Å². The molecular weight excluding hydrogens is 362 g/mol. The molecule has 8 heteroatoms. The molecule has 0 aliphatic heterocycles. The monoisotopic (exact) mass is 379 g/mol. The van der Waals surface area contributed by atoms with E-state index in [-0.39, 0.29) is 17.4 Å². The molecule has 132 valence electrons. The molecule has 3 N–H and O–H groups in total. The first-order valence-corrected chi connectivity index (χ1v) is 8.13. The second-order valence-corrected chi connectivity index (χ2v) is 5.81. The van der Waals surface area contributed by atoms with Crippen molar-refractivity contribution in [3.8, 4) is 11.5 Å². The predicted octanol–water partition coefficient (Wildman–Crippen LogP) is 2.92. The summed E-state index contributed by atoms with van der Waals surface area (Å²) in [5.41, 5.74) is 6.59. The molecule has 0 spiro atoms. The fraction of sp³-hybridized carbons (Fsp3) is 0.176. The predicted molar refractivity (Wildman–Crippen MR) is 102 cm³/mol. The van der Waals surface area contributed by atoms with Gasteiger partial charge in [0, 0.05) is 5.02 Å². The van der Waals surface area contributed by atoms with Crippen LogP contribution in [0.5, 0.6) is 11.5 Å². The molecule has 0 heterocycles. The van der Waals surface area contributed by atoms with Gasteiger partial charge in [-0.05, 0) is 42.0 Å². The van der Waals surface area contributed by atoms with E-state index in [2.05, 4.69) is 16.2 Å². The standard InChI is InChI=1S/C17H18ClN3O3S/c1-23-13-4-3-5-14(24-2)16(13)19-17(25)21-20-15(22)10-11-6-8-12(18)9-7-11/h3-9H,10H2,1-2H3,(H,20,22)(H2,19,21,25). The number of methoxy groups -OCH3 is 2. The Morgan fingerprint density at radius 1 is 1.04 bits per heavy atom. The highest BCUT2D eigenvalue weighted by atomic mass is 35.5. The average Bonchev–Trinajstić information content (AvgIpc) is 2.62. The lowest BCUT2D eigenvalue weighted by Gasteiger charge is -2.16. The number of amides is 1. The van der Waals surface area contributed by atoms with E-state index in [4.69, 9.17) is 33.3 Å². The third-order valence-electron chi connectivity index (χ3n) is 3.26. The van der Waals surface area contributed by atoms with Gasteiger partial charge in [0.1, 0.15) is 17.2 Å². The molecular formula is C17H18ClN3O3S. The van der Waals surface area contributed by atoms with Crippen LogP contribution < -0.4 is 25.6 Å². The summed E-state index contributed by atoms with van der Waals surface area (Å²) in [5.74, 6) is 0.894. The SMILES string of the molecule is COc1cccc(OC)c1NC(=S)NNC(=O)Cc1ccc(Cl)cc1. The van der Waals surface area contributed by atoms with Crippen molar-refractivity contribution in [1.82, 2.24) is 10.9 Å². The summed E-state index contributed by atoms with van der Waals surface area (Å²) in [6.07, 6.45) is 0.199. The lowest BCUT2D eigenvalue weighted by Crippen LogP contribution is -2.44. The van der Waals surface area contributed by atoms with Crippen LogP contribution in [0, 0.1) is 0 Å². The molecule has 0 bridgehead atoms. The Kier molecular flexibility index (Phi) is 6.85. The van der Waals surface area contributed by atoms with Crippen molar-refractivity contribution in [3.05, 3.63) is 53.1 Å². The Morgan fingerprint density at radius 3 is 2.20 bits per heavy atom. The van der Waals surface area contributed by atoms with Gasteiger partial charge in [-0.3, -0.25) is 15.6 Å². The minimum atomic E-state index is -0.238. The molecule has 25 heavy (non-hydrogen) atoms. The zero-order chi connectivity index (χ0) is 18.2. The summed E-state index contributed by atoms with van der Waals surface area (Å²) in [7, 11) is 3.09. The second-order valence-electron chi connectivity index (χ2n) is 4.97. The number of carbonyl (C=O) groups excluding carboxylic acids is 1. The summed E-state index contributed by atoms with van der Waals surface area (Å²) < 4.78 is 10.5. The largest absolute Gasteiger partial charge is 0.494 e. The van der Waals surface area contributed by atoms with Crippen molar-refractivity contribution in [2.24, 2.45) is 0 Å². The number of rotatable bonds is 5. The number of hydrogen-bond acceptors (Lipinski definition) is 4. The smallest absolute Gasteiger partial charge is 0.242 e. The normalized spacial score (nSPS) is 9.88. The molecule has 0 unspecified atom stereocenters. The van der Waals surface area contributed by atoms with Gasteiger partial charge in [-0.1, -0.05) is 29.8 Å². The van der Waals surface area contributed by atoms with Gasteiger partial charge in [0.2, 0.25) is 5.91 Å². The summed E-state index contributed by atoms with van der Waals surface area (Å²) >= 11 is 11.0. The van der Waals surface area contributed by atoms with E-state index in [1.54, 1.807) is 56.7 Å². The second kappa shape index (κ2) is 9.10. The minimum Gasteiger partial charge on any atom is -0.494 e. The molecule has 2 aromatic rings. The van der Waals surface area contributed by atoms with Crippen LogP contribution in [0.3, 0.4) is 0 Å². The fourth-order valence-corrected chi connectivity index (χ4v) is 2.36. The van der Waals surface area contributed by atoms with E-state index in [9.17, 15) is 4.79 Å². The van der Waals surface area contributed by atoms with Crippen LogP contribution in [0.4, 0.5) is 5.69 Å². The Morgan fingerprint density at radius 2 is 1.64 bits per heavy atom. The minimum absolute atomic E-state index is 0.199. The number of nitrogens with one attached hydrogen (secondary N) is 3. The number of halogens is 1. The van der Waals surface area contributed by atoms with Gasteiger partial charge in [0.05, 0.1) is 20.6 Å². The first kappa shape index (κ1) is 18.8. The average molecular weight is 380 g/mol. The van der Waals surface area contributed by atoms with Gasteiger partial charge in [-0.2, -0.15) is 0 Å². The van der Waals surface area contributed by atoms with Gasteiger partial charge in [0.15, 0.2) is 5.11 Å². The molecule has 0 aliphatic carbocycles. The third-order valence-corrected chi connectivity index (χ3v) is 3.72. The number of ether oxygens (including phenoxy) is 2. The highest BCUT2D eigenvalue weighted by Gasteiger charge is 2.11. The van der Waals surface area contributed by atoms with Gasteiger partial charge in [-0.15, -0.1) is 0 Å². The summed E-state index contributed by atoms with van der Waals surface area (Å²) in [4.78, 5) is 12.0. The van der Waals surface area contributed by atoms with Gasteiger partial charge < -0.3 is 14.8 Å². The quantitative estimate of drug-likeness (QED) is 0.548. The van der Waals surface area contributed by atoms with Crippen LogP contribution in [-0.2, 0) is 11.2 Å². The van der Waals surface area contributed by atoms with E-state index in [1.807, 2.05) is 0 Å². The maximum absolute atomic E-state index is 12.0. The van der Waals surface area contributed by atoms with Crippen LogP contribution in [0.15, 0.2) is 42.5 Å². The van der Waals surface area contributed by atoms with Crippen molar-refractivity contribution in [2.45, 2.75) is 6.42 Å². The molecule has 2 aromatic carbocycles. The van der Waals surface area contributed by atoms with E-state index in [1.165, 1.54) is 0 Å². The van der Waals surface area contributed by atoms with Gasteiger partial charge in [0.25, 0.3) is 0 Å². The molecule has 0 atom stereocenters. The van der Waals surface area contributed by atoms with Gasteiger partial charge >= 0.3 is 0 Å². The van der Waals surface area contributed by atoms with Crippen molar-refractivity contribution < 1.29 is 14.3 Å². The molecule has 0 aliphatic rings. The van der Waals surface area contributed by atoms with Crippen LogP contribution >= 0.6 is 23.8 Å². The Hall–Kier alpha value is -2.51. The van der Waals surface area contributed by atoms with Crippen molar-refractivity contribution in [2.75, 3.05) is 19.5 Å². The van der Waals surface area contributed by atoms with Crippen LogP contribution in [0.25, 0.3) is 0 Å². The first-order valence-electron chi connectivity index (χ1n) is 7.34. The van der Waals surface area contributed by atoms with Crippen LogP contribution in [0.2, 0.25) is 5.02 Å². The number of hydrazine groups is 1. The lowest BCUT2D eigenvalue weighted by molar-refractivity contribution is -0.120. The zero-order valence-electron chi connectivity index (χ0n) is 13.8. The Labute approximate surface area is 156 Å². The summed E-state index contributed by atoms with van der Waals surface area (Å²) in [6, 6.07) is 12.4. The Balaban J connectivity index is 1.90. The van der Waals surface area contributed by atoms with Crippen molar-refractivity contribution in [3.63, 3.8) is 0 Å². The van der Waals surface area contributed by atoms with E-state index < -0.39 is 0 Å². The van der Waals surface area contributed by atoms with E-state index >= 15 is 0 Å². The highest BCUT2D eigenvalue weighted by Crippen LogP contribution is 2.33. The maximum Gasteiger partial charge on any atom is 0.242 e. The van der Waals surface area contributed by atoms with Crippen LogP contribution in [0.1, 0.15) is 5.56 Å². The fourth-order valence-electron chi connectivity index (χ4n) is 2.08. The topological polar surface area (TPSA) is 71.6 Å². The zero-order valence-corrected chi connectivity index (χ0v) is 15.3. The van der Waals surface area contributed by atoms with Crippen LogP contribution in [-0.4, -0.2) is 25.2 Å². The molecule has 0 aromatic heterocycles. The first-order chi connectivity index (χ1) is 12.0. The molecule has 6 nitrogen and oxygen atoms in total. The van der Waals surface area contributed by atoms with Crippen molar-refractivity contribution in [1.29, 1.82) is 0 Å². The molecule has 0 saturated carbocycles. The number of hydrogen-bond donors (Lipinski definition) is 3. The molecule has 0 radical (unpaired) electrons. The number of carbonyl (C=O) groups is 1. The Bertz CT molecular complexity index is 731. The molecule has 2 rings (SSSR count). The summed E-state index contributed by atoms with van der Waals surface area (Å²) in [6.45, 7) is 0. The van der Waals surface area contributed by atoms with E-state index in [0.29, 0.717) is 22.2 Å². The van der Waals surface area contributed by atoms with Crippen molar-refractivity contribution >= 4 is 40.5 Å². The third kappa shape index (κ3) is 5.51. The molecule has 1 amide bonds. The van der Waals surface area contributed by atoms with Gasteiger partial charge in [-0.25, -0.2) is 0 Å². The lowest BCUT2D eigenvalue weighted by atomic mass is 10.1. The number of anilines is 1. The summed E-state index contributed by atoms with van der Waals surface area (Å²) in [5, 5.41) is 3.77. The number of para-hydroxylation sites is 1. The number of thiocarbonyl (C=S) groups is 1. The molecule has 0 saturated heterocycles. The maximum atomic E-state index is 12.0. The molecule has 0 fully saturated rings. The number of benzene rings is 2. The highest BCUT2D eigenvalue weighted by molar-refractivity contribution is 7.80.